The van der Waals surface area contributed by atoms with Gasteiger partial charge in [-0.2, -0.15) is 10.4 Å². The first-order valence-electron chi connectivity index (χ1n) is 8.44. The summed E-state index contributed by atoms with van der Waals surface area (Å²) in [5.74, 6) is -0.733. The summed E-state index contributed by atoms with van der Waals surface area (Å²) in [4.78, 5) is 18.4. The van der Waals surface area contributed by atoms with Crippen molar-refractivity contribution in [3.8, 4) is 28.6 Å². The first-order chi connectivity index (χ1) is 12.8. The molecule has 0 unspecified atom stereocenters. The van der Waals surface area contributed by atoms with Crippen molar-refractivity contribution in [1.82, 2.24) is 19.7 Å². The number of H-pyrrole nitrogens is 1. The van der Waals surface area contributed by atoms with Gasteiger partial charge in [0.05, 0.1) is 24.4 Å². The molecule has 0 radical (unpaired) electrons. The molecular weight excluding hydrogens is 344 g/mol. The monoisotopic (exact) mass is 364 g/mol. The number of nitrogens with zero attached hydrogens (tertiary/aromatic N) is 4. The molecule has 3 aromatic rings. The normalized spacial score (nSPS) is 10.7. The van der Waals surface area contributed by atoms with Crippen LogP contribution < -0.4 is 5.73 Å². The molecule has 0 atom stereocenters. The van der Waals surface area contributed by atoms with E-state index in [0.29, 0.717) is 16.8 Å². The maximum atomic E-state index is 10.9. The average Bonchev–Trinajstić information content (AvgIpc) is 3.15. The Morgan fingerprint density at radius 1 is 1.37 bits per heavy atom. The van der Waals surface area contributed by atoms with E-state index in [4.69, 9.17) is 10.8 Å². The smallest absolute Gasteiger partial charge is 0.305 e. The van der Waals surface area contributed by atoms with E-state index in [2.05, 4.69) is 21.1 Å². The minimum atomic E-state index is -0.880. The highest BCUT2D eigenvalue weighted by molar-refractivity contribution is 5.80. The van der Waals surface area contributed by atoms with E-state index in [1.54, 1.807) is 4.68 Å². The molecule has 3 aromatic heterocycles. The molecule has 0 aliphatic carbocycles. The van der Waals surface area contributed by atoms with E-state index < -0.39 is 5.97 Å². The quantitative estimate of drug-likeness (QED) is 0.637. The highest BCUT2D eigenvalue weighted by Gasteiger charge is 2.20. The number of aliphatic carboxylic acids is 1. The minimum Gasteiger partial charge on any atom is -0.481 e. The van der Waals surface area contributed by atoms with Crippen molar-refractivity contribution < 1.29 is 9.90 Å². The number of aryl methyl sites for hydroxylation is 3. The van der Waals surface area contributed by atoms with Gasteiger partial charge in [-0.3, -0.25) is 9.48 Å². The molecular formula is C19H20N6O2. The predicted octanol–water partition coefficient (Wildman–Crippen LogP) is 2.79. The van der Waals surface area contributed by atoms with E-state index in [1.165, 1.54) is 0 Å². The Balaban J connectivity index is 2.15. The lowest BCUT2D eigenvalue weighted by molar-refractivity contribution is -0.137. The van der Waals surface area contributed by atoms with Gasteiger partial charge < -0.3 is 15.8 Å². The number of carboxylic acid groups (broad SMARTS) is 1. The van der Waals surface area contributed by atoms with Crippen molar-refractivity contribution in [1.29, 1.82) is 5.26 Å². The molecule has 0 saturated heterocycles. The highest BCUT2D eigenvalue weighted by atomic mass is 16.4. The summed E-state index contributed by atoms with van der Waals surface area (Å²) in [5, 5.41) is 22.9. The Morgan fingerprint density at radius 2 is 2.11 bits per heavy atom. The van der Waals surface area contributed by atoms with E-state index in [9.17, 15) is 10.1 Å². The van der Waals surface area contributed by atoms with Crippen LogP contribution in [0.3, 0.4) is 0 Å². The number of nitriles is 1. The molecule has 0 aliphatic rings. The number of hydrogen-bond donors (Lipinski definition) is 3. The molecule has 3 rings (SSSR count). The zero-order valence-electron chi connectivity index (χ0n) is 15.4. The fourth-order valence-corrected chi connectivity index (χ4v) is 3.17. The summed E-state index contributed by atoms with van der Waals surface area (Å²) in [6.45, 7) is 5.94. The molecule has 27 heavy (non-hydrogen) atoms. The predicted molar refractivity (Wildman–Crippen MR) is 101 cm³/mol. The third-order valence-electron chi connectivity index (χ3n) is 4.45. The van der Waals surface area contributed by atoms with Crippen LogP contribution in [0.15, 0.2) is 18.3 Å². The topological polar surface area (TPSA) is 134 Å². The molecule has 0 aromatic carbocycles. The number of carboxylic acids is 1. The average molecular weight is 364 g/mol. The number of aromatic nitrogens is 4. The largest absolute Gasteiger partial charge is 0.481 e. The third kappa shape index (κ3) is 3.40. The first kappa shape index (κ1) is 18.2. The Morgan fingerprint density at radius 3 is 2.70 bits per heavy atom. The molecule has 0 saturated carbocycles. The molecule has 3 heterocycles. The summed E-state index contributed by atoms with van der Waals surface area (Å²) in [7, 11) is 0. The van der Waals surface area contributed by atoms with Gasteiger partial charge in [-0.1, -0.05) is 0 Å². The van der Waals surface area contributed by atoms with Crippen molar-refractivity contribution in [2.75, 3.05) is 5.73 Å². The second kappa shape index (κ2) is 6.96. The number of hydrogen-bond acceptors (Lipinski definition) is 5. The molecule has 0 spiro atoms. The van der Waals surface area contributed by atoms with Crippen LogP contribution in [-0.2, 0) is 11.3 Å². The maximum absolute atomic E-state index is 10.9. The van der Waals surface area contributed by atoms with Crippen LogP contribution in [-0.4, -0.2) is 30.8 Å². The fourth-order valence-electron chi connectivity index (χ4n) is 3.17. The lowest BCUT2D eigenvalue weighted by Crippen LogP contribution is -2.07. The van der Waals surface area contributed by atoms with Gasteiger partial charge in [-0.05, 0) is 38.5 Å². The van der Waals surface area contributed by atoms with Crippen molar-refractivity contribution in [3.05, 3.63) is 40.8 Å². The van der Waals surface area contributed by atoms with Crippen LogP contribution in [0, 0.1) is 32.1 Å². The lowest BCUT2D eigenvalue weighted by Gasteiger charge is -2.10. The SMILES string of the molecule is Cc1c[nH]c(-c2cc(-c3c(C)nn(CCC(=O)O)c3C)nc(N)c2C#N)c1. The summed E-state index contributed by atoms with van der Waals surface area (Å²) in [6, 6.07) is 5.88. The molecule has 8 nitrogen and oxygen atoms in total. The Kier molecular flexibility index (Phi) is 4.69. The van der Waals surface area contributed by atoms with Crippen molar-refractivity contribution >= 4 is 11.8 Å². The van der Waals surface area contributed by atoms with E-state index in [0.717, 1.165) is 28.2 Å². The highest BCUT2D eigenvalue weighted by Crippen LogP contribution is 2.33. The molecule has 4 N–H and O–H groups in total. The second-order valence-corrected chi connectivity index (χ2v) is 6.43. The third-order valence-corrected chi connectivity index (χ3v) is 4.45. The van der Waals surface area contributed by atoms with Crippen molar-refractivity contribution in [3.63, 3.8) is 0 Å². The van der Waals surface area contributed by atoms with Gasteiger partial charge in [0.2, 0.25) is 0 Å². The van der Waals surface area contributed by atoms with Crippen LogP contribution in [0.4, 0.5) is 5.82 Å². The number of nitrogen functional groups attached to an aromatic ring is 1. The van der Waals surface area contributed by atoms with Gasteiger partial charge in [0, 0.05) is 28.7 Å². The number of nitrogens with two attached hydrogens (primary N) is 1. The van der Waals surface area contributed by atoms with Gasteiger partial charge in [0.15, 0.2) is 0 Å². The summed E-state index contributed by atoms with van der Waals surface area (Å²) >= 11 is 0. The Bertz CT molecular complexity index is 1070. The van der Waals surface area contributed by atoms with Gasteiger partial charge >= 0.3 is 5.97 Å². The van der Waals surface area contributed by atoms with Crippen LogP contribution >= 0.6 is 0 Å². The van der Waals surface area contributed by atoms with E-state index in [1.807, 2.05) is 39.1 Å². The Labute approximate surface area is 156 Å². The molecule has 0 fully saturated rings. The Hall–Kier alpha value is -3.60. The van der Waals surface area contributed by atoms with Gasteiger partial charge in [0.25, 0.3) is 0 Å². The van der Waals surface area contributed by atoms with Crippen LogP contribution in [0.5, 0.6) is 0 Å². The first-order valence-corrected chi connectivity index (χ1v) is 8.44. The molecule has 138 valence electrons. The number of nitrogens with one attached hydrogen (secondary N) is 1. The zero-order valence-corrected chi connectivity index (χ0v) is 15.4. The second-order valence-electron chi connectivity index (χ2n) is 6.43. The number of rotatable bonds is 5. The number of pyridine rings is 1. The fraction of sp³-hybridized carbons (Fsp3) is 0.263. The molecule has 0 bridgehead atoms. The lowest BCUT2D eigenvalue weighted by atomic mass is 10.0. The summed E-state index contributed by atoms with van der Waals surface area (Å²) in [5.41, 5.74) is 11.8. The van der Waals surface area contributed by atoms with Crippen LogP contribution in [0.1, 0.15) is 28.9 Å². The van der Waals surface area contributed by atoms with Crippen LogP contribution in [0.2, 0.25) is 0 Å². The maximum Gasteiger partial charge on any atom is 0.305 e. The van der Waals surface area contributed by atoms with Gasteiger partial charge in [-0.25, -0.2) is 4.98 Å². The van der Waals surface area contributed by atoms with Crippen LogP contribution in [0.25, 0.3) is 22.5 Å². The molecule has 0 aliphatic heterocycles. The molecule has 8 heteroatoms. The summed E-state index contributed by atoms with van der Waals surface area (Å²) in [6.07, 6.45) is 1.84. The van der Waals surface area contributed by atoms with Gasteiger partial charge in [-0.15, -0.1) is 0 Å². The number of aromatic amines is 1. The van der Waals surface area contributed by atoms with Gasteiger partial charge in [0.1, 0.15) is 17.5 Å². The van der Waals surface area contributed by atoms with E-state index >= 15 is 0 Å². The summed E-state index contributed by atoms with van der Waals surface area (Å²) < 4.78 is 1.66. The number of anilines is 1. The minimum absolute atomic E-state index is 0.0165. The van der Waals surface area contributed by atoms with Crippen molar-refractivity contribution in [2.24, 2.45) is 0 Å². The zero-order chi connectivity index (χ0) is 19.7. The van der Waals surface area contributed by atoms with Crippen molar-refractivity contribution in [2.45, 2.75) is 33.7 Å². The standard InChI is InChI=1S/C19H20N6O2/c1-10-6-15(22-9-10)13-7-16(23-19(21)14(13)8-20)18-11(2)24-25(12(18)3)5-4-17(26)27/h6-7,9,22H,4-5H2,1-3H3,(H2,21,23)(H,26,27). The van der Waals surface area contributed by atoms with E-state index in [-0.39, 0.29) is 18.8 Å². The molecule has 0 amide bonds. The number of carbonyl (C=O) groups is 1.